The summed E-state index contributed by atoms with van der Waals surface area (Å²) >= 11 is 7.40. The van der Waals surface area contributed by atoms with E-state index in [1.54, 1.807) is 24.0 Å². The molecule has 7 heteroatoms. The van der Waals surface area contributed by atoms with Crippen LogP contribution in [-0.2, 0) is 21.9 Å². The van der Waals surface area contributed by atoms with Gasteiger partial charge in [0.15, 0.2) is 0 Å². The first-order chi connectivity index (χ1) is 15.3. The summed E-state index contributed by atoms with van der Waals surface area (Å²) in [5.74, 6) is -0.230. The van der Waals surface area contributed by atoms with E-state index in [1.807, 2.05) is 31.2 Å². The number of nitrogens with zero attached hydrogens (tertiary/aromatic N) is 1. The normalized spacial score (nSPS) is 14.9. The molecule has 4 nitrogen and oxygen atoms in total. The summed E-state index contributed by atoms with van der Waals surface area (Å²) in [4.78, 5) is 27.7. The van der Waals surface area contributed by atoms with E-state index in [0.717, 1.165) is 36.8 Å². The quantitative estimate of drug-likeness (QED) is 0.520. The number of benzene rings is 2. The minimum atomic E-state index is -0.596. The Morgan fingerprint density at radius 1 is 1.22 bits per heavy atom. The van der Waals surface area contributed by atoms with Crippen molar-refractivity contribution in [1.82, 2.24) is 10.2 Å². The second-order valence-corrected chi connectivity index (χ2v) is 9.76. The highest BCUT2D eigenvalue weighted by molar-refractivity contribution is 7.99. The zero-order valence-electron chi connectivity index (χ0n) is 18.6. The number of hydrogen-bond donors (Lipinski definition) is 1. The number of thioether (sulfide) groups is 1. The van der Waals surface area contributed by atoms with Crippen molar-refractivity contribution >= 4 is 35.2 Å². The van der Waals surface area contributed by atoms with Crippen LogP contribution in [0.4, 0.5) is 4.39 Å². The van der Waals surface area contributed by atoms with Crippen LogP contribution < -0.4 is 5.32 Å². The van der Waals surface area contributed by atoms with Gasteiger partial charge in [-0.05, 0) is 44.4 Å². The average Bonchev–Trinajstić information content (AvgIpc) is 3.26. The number of amides is 2. The Labute approximate surface area is 198 Å². The van der Waals surface area contributed by atoms with Gasteiger partial charge in [0.2, 0.25) is 11.8 Å². The number of hydrogen-bond acceptors (Lipinski definition) is 3. The molecule has 1 atom stereocenters. The van der Waals surface area contributed by atoms with Crippen LogP contribution in [0.2, 0.25) is 5.02 Å². The van der Waals surface area contributed by atoms with Gasteiger partial charge in [0.25, 0.3) is 0 Å². The fourth-order valence-corrected chi connectivity index (χ4v) is 5.22. The van der Waals surface area contributed by atoms with Crippen LogP contribution in [-0.4, -0.2) is 34.6 Å². The largest absolute Gasteiger partial charge is 0.352 e. The third kappa shape index (κ3) is 6.72. The van der Waals surface area contributed by atoms with Gasteiger partial charge in [0.1, 0.15) is 11.9 Å². The molecule has 0 spiro atoms. The monoisotopic (exact) mass is 476 g/mol. The maximum absolute atomic E-state index is 14.0. The molecule has 3 rings (SSSR count). The second-order valence-electron chi connectivity index (χ2n) is 8.37. The molecule has 32 heavy (non-hydrogen) atoms. The highest BCUT2D eigenvalue weighted by Gasteiger charge is 2.28. The van der Waals surface area contributed by atoms with E-state index in [1.165, 1.54) is 17.8 Å². The molecule has 0 aromatic heterocycles. The van der Waals surface area contributed by atoms with E-state index in [2.05, 4.69) is 5.32 Å². The number of carbonyl (C=O) groups excluding carboxylic acids is 2. The van der Waals surface area contributed by atoms with E-state index in [0.29, 0.717) is 17.1 Å². The van der Waals surface area contributed by atoms with Crippen LogP contribution in [0.25, 0.3) is 0 Å². The van der Waals surface area contributed by atoms with Gasteiger partial charge in [-0.25, -0.2) is 4.39 Å². The molecule has 0 saturated heterocycles. The molecule has 2 amide bonds. The molecule has 172 valence electrons. The lowest BCUT2D eigenvalue weighted by molar-refractivity contribution is -0.138. The summed E-state index contributed by atoms with van der Waals surface area (Å²) < 4.78 is 14.0. The molecular weight excluding hydrogens is 447 g/mol. The van der Waals surface area contributed by atoms with Gasteiger partial charge in [-0.15, -0.1) is 11.8 Å². The molecule has 2 aromatic rings. The summed E-state index contributed by atoms with van der Waals surface area (Å²) in [6.07, 6.45) is 4.23. The Kier molecular flexibility index (Phi) is 9.00. The second kappa shape index (κ2) is 11.7. The van der Waals surface area contributed by atoms with E-state index >= 15 is 0 Å². The fourth-order valence-electron chi connectivity index (χ4n) is 3.98. The first-order valence-corrected chi connectivity index (χ1v) is 12.5. The van der Waals surface area contributed by atoms with Crippen LogP contribution in [0, 0.1) is 12.7 Å². The van der Waals surface area contributed by atoms with Crippen molar-refractivity contribution in [3.8, 4) is 0 Å². The molecule has 0 bridgehead atoms. The fraction of sp³-hybridized carbons (Fsp3) is 0.440. The number of aryl methyl sites for hydroxylation is 1. The minimum absolute atomic E-state index is 0.125. The molecule has 0 heterocycles. The molecule has 1 aliphatic rings. The molecule has 0 radical (unpaired) electrons. The molecule has 1 aliphatic carbocycles. The molecule has 2 aromatic carbocycles. The lowest BCUT2D eigenvalue weighted by Gasteiger charge is -2.30. The topological polar surface area (TPSA) is 49.4 Å². The summed E-state index contributed by atoms with van der Waals surface area (Å²) in [5, 5.41) is 3.45. The SMILES string of the molecule is Cc1cccc(CN(C(=O)CSCc2c(F)cccc2Cl)C(C)C(=O)NC2CCCC2)c1. The van der Waals surface area contributed by atoms with Gasteiger partial charge < -0.3 is 10.2 Å². The van der Waals surface area contributed by atoms with Gasteiger partial charge in [-0.3, -0.25) is 9.59 Å². The zero-order valence-corrected chi connectivity index (χ0v) is 20.1. The Morgan fingerprint density at radius 3 is 2.62 bits per heavy atom. The first-order valence-electron chi connectivity index (χ1n) is 11.0. The van der Waals surface area contributed by atoms with Crippen molar-refractivity contribution in [1.29, 1.82) is 0 Å². The van der Waals surface area contributed by atoms with Crippen LogP contribution in [0.1, 0.15) is 49.3 Å². The first kappa shape index (κ1) is 24.6. The third-order valence-corrected chi connectivity index (χ3v) is 7.14. The molecule has 1 fully saturated rings. The zero-order chi connectivity index (χ0) is 23.1. The molecular formula is C25H30ClFN2O2S. The highest BCUT2D eigenvalue weighted by Crippen LogP contribution is 2.25. The number of rotatable bonds is 9. The van der Waals surface area contributed by atoms with E-state index in [-0.39, 0.29) is 35.2 Å². The Morgan fingerprint density at radius 2 is 1.94 bits per heavy atom. The molecule has 1 unspecified atom stereocenters. The summed E-state index contributed by atoms with van der Waals surface area (Å²) in [6.45, 7) is 4.12. The van der Waals surface area contributed by atoms with Crippen molar-refractivity contribution in [3.63, 3.8) is 0 Å². The van der Waals surface area contributed by atoms with Gasteiger partial charge in [-0.2, -0.15) is 0 Å². The highest BCUT2D eigenvalue weighted by atomic mass is 35.5. The Balaban J connectivity index is 1.68. The molecule has 1 N–H and O–H groups in total. The van der Waals surface area contributed by atoms with Crippen molar-refractivity contribution in [2.45, 2.75) is 63.9 Å². The maximum atomic E-state index is 14.0. The van der Waals surface area contributed by atoms with Gasteiger partial charge in [0.05, 0.1) is 5.75 Å². The van der Waals surface area contributed by atoms with Crippen LogP contribution >= 0.6 is 23.4 Å². The predicted molar refractivity (Wildman–Crippen MR) is 129 cm³/mol. The number of halogens is 2. The average molecular weight is 477 g/mol. The maximum Gasteiger partial charge on any atom is 0.242 e. The third-order valence-electron chi connectivity index (χ3n) is 5.84. The van der Waals surface area contributed by atoms with Gasteiger partial charge in [-0.1, -0.05) is 60.3 Å². The van der Waals surface area contributed by atoms with E-state index < -0.39 is 6.04 Å². The Bertz CT molecular complexity index is 929. The van der Waals surface area contributed by atoms with Gasteiger partial charge in [0, 0.05) is 28.9 Å². The summed E-state index contributed by atoms with van der Waals surface area (Å²) in [7, 11) is 0. The summed E-state index contributed by atoms with van der Waals surface area (Å²) in [6, 6.07) is 12.1. The van der Waals surface area contributed by atoms with Crippen molar-refractivity contribution < 1.29 is 14.0 Å². The molecule has 1 saturated carbocycles. The van der Waals surface area contributed by atoms with Gasteiger partial charge >= 0.3 is 0 Å². The standard InChI is InChI=1S/C25H30ClFN2O2S/c1-17-7-5-8-19(13-17)14-29(18(2)25(31)28-20-9-3-4-10-20)24(30)16-32-15-21-22(26)11-6-12-23(21)27/h5-8,11-13,18,20H,3-4,9-10,14-16H2,1-2H3,(H,28,31). The lowest BCUT2D eigenvalue weighted by atomic mass is 10.1. The molecule has 0 aliphatic heterocycles. The lowest BCUT2D eigenvalue weighted by Crippen LogP contribution is -2.50. The Hall–Kier alpha value is -2.05. The number of carbonyl (C=O) groups is 2. The van der Waals surface area contributed by atoms with E-state index in [4.69, 9.17) is 11.6 Å². The van der Waals surface area contributed by atoms with Crippen molar-refractivity contribution in [2.75, 3.05) is 5.75 Å². The van der Waals surface area contributed by atoms with Crippen LogP contribution in [0.15, 0.2) is 42.5 Å². The van der Waals surface area contributed by atoms with Crippen LogP contribution in [0.5, 0.6) is 0 Å². The predicted octanol–water partition coefficient (Wildman–Crippen LogP) is 5.50. The number of nitrogens with one attached hydrogen (secondary N) is 1. The summed E-state index contributed by atoms with van der Waals surface area (Å²) in [5.41, 5.74) is 2.46. The minimum Gasteiger partial charge on any atom is -0.352 e. The smallest absolute Gasteiger partial charge is 0.242 e. The van der Waals surface area contributed by atoms with E-state index in [9.17, 15) is 14.0 Å². The van der Waals surface area contributed by atoms with Crippen LogP contribution in [0.3, 0.4) is 0 Å². The van der Waals surface area contributed by atoms with Crippen molar-refractivity contribution in [3.05, 3.63) is 70.0 Å². The van der Waals surface area contributed by atoms with Crippen molar-refractivity contribution in [2.24, 2.45) is 0 Å².